The first-order valence-corrected chi connectivity index (χ1v) is 8.64. The largest absolute Gasteiger partial charge is 0.302 e. The van der Waals surface area contributed by atoms with Gasteiger partial charge in [-0.25, -0.2) is 17.8 Å². The third-order valence-corrected chi connectivity index (χ3v) is 4.91. The minimum absolute atomic E-state index is 0.244. The van der Waals surface area contributed by atoms with E-state index in [2.05, 4.69) is 10.3 Å². The van der Waals surface area contributed by atoms with Gasteiger partial charge in [0.05, 0.1) is 10.6 Å². The van der Waals surface area contributed by atoms with E-state index in [0.717, 1.165) is 12.3 Å². The molecule has 0 atom stereocenters. The van der Waals surface area contributed by atoms with Gasteiger partial charge in [-0.3, -0.25) is 4.79 Å². The maximum atomic E-state index is 13.6. The van der Waals surface area contributed by atoms with Crippen LogP contribution in [0.25, 0.3) is 10.4 Å². The fourth-order valence-electron chi connectivity index (χ4n) is 1.80. The lowest BCUT2D eigenvalue weighted by atomic mass is 10.1. The van der Waals surface area contributed by atoms with Crippen molar-refractivity contribution in [3.8, 4) is 10.4 Å². The van der Waals surface area contributed by atoms with Crippen molar-refractivity contribution in [3.05, 3.63) is 29.7 Å². The molecule has 0 spiro atoms. The molecule has 1 N–H and O–H groups in total. The number of hydrogen-bond donors (Lipinski definition) is 1. The molecular formula is C13H13FN2O3S2. The Hall–Kier alpha value is -1.80. The van der Waals surface area contributed by atoms with Crippen LogP contribution < -0.4 is 5.32 Å². The first-order chi connectivity index (χ1) is 9.68. The van der Waals surface area contributed by atoms with E-state index in [-0.39, 0.29) is 10.8 Å². The first-order valence-electron chi connectivity index (χ1n) is 5.93. The Morgan fingerprint density at radius 3 is 2.62 bits per heavy atom. The van der Waals surface area contributed by atoms with Crippen LogP contribution in [0.1, 0.15) is 12.6 Å². The maximum Gasteiger partial charge on any atom is 0.223 e. The van der Waals surface area contributed by atoms with Gasteiger partial charge in [-0.15, -0.1) is 0 Å². The average molecular weight is 328 g/mol. The van der Waals surface area contributed by atoms with E-state index in [1.54, 1.807) is 6.92 Å². The van der Waals surface area contributed by atoms with Gasteiger partial charge in [0.15, 0.2) is 15.0 Å². The topological polar surface area (TPSA) is 76.1 Å². The number of carbonyl (C=O) groups excluding carboxylic acids is 1. The zero-order chi connectivity index (χ0) is 15.8. The summed E-state index contributed by atoms with van der Waals surface area (Å²) in [6, 6.07) is 3.88. The molecule has 1 amide bonds. The summed E-state index contributed by atoms with van der Waals surface area (Å²) < 4.78 is 36.7. The lowest BCUT2D eigenvalue weighted by molar-refractivity contribution is -0.114. The number of carbonyl (C=O) groups is 1. The number of anilines is 1. The Bertz CT molecular complexity index is 813. The van der Waals surface area contributed by atoms with E-state index in [4.69, 9.17) is 0 Å². The number of rotatable bonds is 3. The van der Waals surface area contributed by atoms with E-state index in [0.29, 0.717) is 21.3 Å². The van der Waals surface area contributed by atoms with Gasteiger partial charge in [0.25, 0.3) is 0 Å². The van der Waals surface area contributed by atoms with Crippen molar-refractivity contribution >= 4 is 32.2 Å². The molecule has 8 heteroatoms. The fourth-order valence-corrected chi connectivity index (χ4v) is 3.57. The van der Waals surface area contributed by atoms with Crippen molar-refractivity contribution in [3.63, 3.8) is 0 Å². The summed E-state index contributed by atoms with van der Waals surface area (Å²) in [7, 11) is -3.65. The Labute approximate surface area is 125 Å². The molecule has 2 aromatic rings. The predicted molar refractivity (Wildman–Crippen MR) is 79.7 cm³/mol. The summed E-state index contributed by atoms with van der Waals surface area (Å²) in [6.07, 6.45) is 0.956. The van der Waals surface area contributed by atoms with Gasteiger partial charge in [0.1, 0.15) is 10.7 Å². The summed E-state index contributed by atoms with van der Waals surface area (Å²) in [5.74, 6) is -1.03. The summed E-state index contributed by atoms with van der Waals surface area (Å²) >= 11 is 1.21. The number of aromatic nitrogens is 1. The normalized spacial score (nSPS) is 11.4. The summed E-state index contributed by atoms with van der Waals surface area (Å²) in [4.78, 5) is 15.5. The molecule has 1 aromatic heterocycles. The van der Waals surface area contributed by atoms with Gasteiger partial charge in [-0.05, 0) is 24.6 Å². The number of sulfone groups is 1. The number of amides is 1. The third kappa shape index (κ3) is 3.45. The number of nitrogens with one attached hydrogen (secondary N) is 1. The van der Waals surface area contributed by atoms with E-state index in [9.17, 15) is 17.6 Å². The van der Waals surface area contributed by atoms with Crippen molar-refractivity contribution < 1.29 is 17.6 Å². The van der Waals surface area contributed by atoms with Gasteiger partial charge in [-0.1, -0.05) is 17.4 Å². The van der Waals surface area contributed by atoms with Crippen LogP contribution in [0, 0.1) is 12.7 Å². The number of hydrogen-bond acceptors (Lipinski definition) is 5. The van der Waals surface area contributed by atoms with Gasteiger partial charge in [-0.2, -0.15) is 0 Å². The number of thiazole rings is 1. The molecule has 5 nitrogen and oxygen atoms in total. The molecule has 0 fully saturated rings. The van der Waals surface area contributed by atoms with Crippen LogP contribution >= 0.6 is 11.3 Å². The highest BCUT2D eigenvalue weighted by atomic mass is 32.2. The standard InChI is InChI=1S/C13H13FN2O3S2/c1-7-12(20-13(15-7)16-8(2)17)9-4-5-10(14)11(6-9)21(3,18)19/h4-6H,1-3H3,(H,15,16,17). The third-order valence-electron chi connectivity index (χ3n) is 2.67. The van der Waals surface area contributed by atoms with E-state index in [1.807, 2.05) is 0 Å². The summed E-state index contributed by atoms with van der Waals surface area (Å²) in [5.41, 5.74) is 1.18. The smallest absolute Gasteiger partial charge is 0.223 e. The number of benzene rings is 1. The van der Waals surface area contributed by atoms with Crippen molar-refractivity contribution in [1.29, 1.82) is 0 Å². The monoisotopic (exact) mass is 328 g/mol. The molecule has 1 aromatic carbocycles. The zero-order valence-electron chi connectivity index (χ0n) is 11.6. The highest BCUT2D eigenvalue weighted by molar-refractivity contribution is 7.90. The maximum absolute atomic E-state index is 13.6. The lowest BCUT2D eigenvalue weighted by Gasteiger charge is -2.04. The van der Waals surface area contributed by atoms with Gasteiger partial charge in [0.2, 0.25) is 5.91 Å². The summed E-state index contributed by atoms with van der Waals surface area (Å²) in [5, 5.41) is 2.99. The molecule has 1 heterocycles. The van der Waals surface area contributed by atoms with E-state index < -0.39 is 15.7 Å². The van der Waals surface area contributed by atoms with Crippen LogP contribution in [0.4, 0.5) is 9.52 Å². The second-order valence-electron chi connectivity index (χ2n) is 4.53. The van der Waals surface area contributed by atoms with Crippen molar-refractivity contribution in [2.45, 2.75) is 18.7 Å². The van der Waals surface area contributed by atoms with Crippen LogP contribution in [0.15, 0.2) is 23.1 Å². The average Bonchev–Trinajstić information content (AvgIpc) is 2.68. The SMILES string of the molecule is CC(=O)Nc1nc(C)c(-c2ccc(F)c(S(C)(=O)=O)c2)s1. The molecule has 0 saturated heterocycles. The van der Waals surface area contributed by atoms with Crippen LogP contribution in [0.3, 0.4) is 0 Å². The molecule has 0 aliphatic rings. The van der Waals surface area contributed by atoms with Crippen molar-refractivity contribution in [2.75, 3.05) is 11.6 Å². The molecule has 0 aliphatic heterocycles. The van der Waals surface area contributed by atoms with Crippen molar-refractivity contribution in [1.82, 2.24) is 4.98 Å². The Kier molecular flexibility index (Phi) is 4.11. The van der Waals surface area contributed by atoms with Crippen LogP contribution in [-0.4, -0.2) is 25.6 Å². The van der Waals surface area contributed by atoms with Crippen molar-refractivity contribution in [2.24, 2.45) is 0 Å². The second-order valence-corrected chi connectivity index (χ2v) is 7.52. The molecule has 0 radical (unpaired) electrons. The van der Waals surface area contributed by atoms with Crippen LogP contribution in [0.2, 0.25) is 0 Å². The van der Waals surface area contributed by atoms with Gasteiger partial charge >= 0.3 is 0 Å². The van der Waals surface area contributed by atoms with Gasteiger partial charge in [0, 0.05) is 13.2 Å². The molecule has 0 saturated carbocycles. The van der Waals surface area contributed by atoms with Crippen LogP contribution in [-0.2, 0) is 14.6 Å². The number of halogens is 1. The highest BCUT2D eigenvalue weighted by Crippen LogP contribution is 2.34. The van der Waals surface area contributed by atoms with Gasteiger partial charge < -0.3 is 5.32 Å². The van der Waals surface area contributed by atoms with E-state index >= 15 is 0 Å². The molecular weight excluding hydrogens is 315 g/mol. The number of nitrogens with zero attached hydrogens (tertiary/aromatic N) is 1. The minimum atomic E-state index is -3.65. The molecule has 21 heavy (non-hydrogen) atoms. The Morgan fingerprint density at radius 1 is 1.38 bits per heavy atom. The molecule has 0 bridgehead atoms. The summed E-state index contributed by atoms with van der Waals surface area (Å²) in [6.45, 7) is 3.11. The molecule has 2 rings (SSSR count). The molecule has 112 valence electrons. The lowest BCUT2D eigenvalue weighted by Crippen LogP contribution is -2.04. The second kappa shape index (κ2) is 5.53. The fraction of sp³-hybridized carbons (Fsp3) is 0.231. The predicted octanol–water partition coefficient (Wildman–Crippen LogP) is 2.62. The Morgan fingerprint density at radius 2 is 2.05 bits per heavy atom. The van der Waals surface area contributed by atoms with Crippen LogP contribution in [0.5, 0.6) is 0 Å². The first kappa shape index (κ1) is 15.6. The molecule has 0 aliphatic carbocycles. The van der Waals surface area contributed by atoms with E-state index in [1.165, 1.54) is 30.4 Å². The zero-order valence-corrected chi connectivity index (χ0v) is 13.2. The molecule has 0 unspecified atom stereocenters. The highest BCUT2D eigenvalue weighted by Gasteiger charge is 2.17. The minimum Gasteiger partial charge on any atom is -0.302 e. The Balaban J connectivity index is 2.53. The number of aryl methyl sites for hydroxylation is 1. The quantitative estimate of drug-likeness (QED) is 0.939.